The molecule has 1 aliphatic rings. The van der Waals surface area contributed by atoms with E-state index in [1.165, 1.54) is 11.8 Å². The molecule has 126 valence electrons. The number of hydrogen-bond acceptors (Lipinski definition) is 3. The van der Waals surface area contributed by atoms with Gasteiger partial charge in [-0.2, -0.15) is 0 Å². The van der Waals surface area contributed by atoms with Gasteiger partial charge in [0.2, 0.25) is 0 Å². The van der Waals surface area contributed by atoms with Crippen molar-refractivity contribution in [3.8, 4) is 0 Å². The molecule has 0 aliphatic carbocycles. The third-order valence-electron chi connectivity index (χ3n) is 3.93. The molecule has 1 aliphatic heterocycles. The van der Waals surface area contributed by atoms with Gasteiger partial charge in [-0.1, -0.05) is 6.07 Å². The van der Waals surface area contributed by atoms with E-state index in [9.17, 15) is 4.39 Å². The number of rotatable bonds is 3. The van der Waals surface area contributed by atoms with Crippen molar-refractivity contribution in [2.24, 2.45) is 0 Å². The lowest BCUT2D eigenvalue weighted by Crippen LogP contribution is -2.36. The highest BCUT2D eigenvalue weighted by Crippen LogP contribution is 2.19. The number of thiocarbonyl (C=S) groups is 1. The van der Waals surface area contributed by atoms with Gasteiger partial charge in [0, 0.05) is 30.2 Å². The van der Waals surface area contributed by atoms with Crippen molar-refractivity contribution in [2.75, 3.05) is 41.8 Å². The Kier molecular flexibility index (Phi) is 5.27. The van der Waals surface area contributed by atoms with Crippen molar-refractivity contribution in [3.63, 3.8) is 0 Å². The summed E-state index contributed by atoms with van der Waals surface area (Å²) in [6.07, 6.45) is 0. The van der Waals surface area contributed by atoms with Crippen molar-refractivity contribution in [1.82, 2.24) is 0 Å². The summed E-state index contributed by atoms with van der Waals surface area (Å²) in [5, 5.41) is 6.53. The first kappa shape index (κ1) is 16.7. The molecule has 0 radical (unpaired) electrons. The second-order valence-electron chi connectivity index (χ2n) is 5.69. The fraction of sp³-hybridized carbons (Fsp3) is 0.278. The number of aryl methyl sites for hydroxylation is 1. The first-order valence-corrected chi connectivity index (χ1v) is 8.29. The fourth-order valence-corrected chi connectivity index (χ4v) is 2.78. The summed E-state index contributed by atoms with van der Waals surface area (Å²) in [5.41, 5.74) is 3.29. The van der Waals surface area contributed by atoms with Crippen LogP contribution in [0.3, 0.4) is 0 Å². The van der Waals surface area contributed by atoms with Gasteiger partial charge in [-0.3, -0.25) is 0 Å². The Balaban J connectivity index is 1.58. The van der Waals surface area contributed by atoms with Gasteiger partial charge >= 0.3 is 0 Å². The molecular weight excluding hydrogens is 325 g/mol. The quantitative estimate of drug-likeness (QED) is 0.828. The average molecular weight is 345 g/mol. The van der Waals surface area contributed by atoms with E-state index in [1.807, 2.05) is 12.1 Å². The summed E-state index contributed by atoms with van der Waals surface area (Å²) in [6.45, 7) is 5.07. The molecule has 1 saturated heterocycles. The van der Waals surface area contributed by atoms with Gasteiger partial charge in [0.1, 0.15) is 5.82 Å². The zero-order valence-corrected chi connectivity index (χ0v) is 14.3. The lowest BCUT2D eigenvalue weighted by molar-refractivity contribution is 0.122. The van der Waals surface area contributed by atoms with Crippen molar-refractivity contribution < 1.29 is 9.13 Å². The molecule has 0 aromatic heterocycles. The molecule has 0 amide bonds. The minimum atomic E-state index is -0.252. The molecule has 2 aromatic rings. The summed E-state index contributed by atoms with van der Waals surface area (Å²) in [6, 6.07) is 13.0. The van der Waals surface area contributed by atoms with E-state index in [0.29, 0.717) is 16.4 Å². The summed E-state index contributed by atoms with van der Waals surface area (Å²) in [7, 11) is 0. The Labute approximate surface area is 146 Å². The van der Waals surface area contributed by atoms with Crippen LogP contribution < -0.4 is 15.5 Å². The highest BCUT2D eigenvalue weighted by atomic mass is 32.1. The van der Waals surface area contributed by atoms with Crippen LogP contribution >= 0.6 is 12.2 Å². The maximum Gasteiger partial charge on any atom is 0.175 e. The molecule has 0 spiro atoms. The van der Waals surface area contributed by atoms with Crippen LogP contribution in [0.1, 0.15) is 5.56 Å². The predicted octanol–water partition coefficient (Wildman–Crippen LogP) is 3.78. The lowest BCUT2D eigenvalue weighted by Gasteiger charge is -2.29. The largest absolute Gasteiger partial charge is 0.378 e. The highest BCUT2D eigenvalue weighted by molar-refractivity contribution is 7.80. The van der Waals surface area contributed by atoms with E-state index in [2.05, 4.69) is 27.7 Å². The van der Waals surface area contributed by atoms with Crippen LogP contribution in [0.2, 0.25) is 0 Å². The van der Waals surface area contributed by atoms with E-state index in [4.69, 9.17) is 17.0 Å². The zero-order valence-electron chi connectivity index (χ0n) is 13.5. The third-order valence-corrected chi connectivity index (χ3v) is 4.14. The van der Waals surface area contributed by atoms with E-state index >= 15 is 0 Å². The second-order valence-corrected chi connectivity index (χ2v) is 6.10. The molecule has 4 nitrogen and oxygen atoms in total. The number of halogens is 1. The highest BCUT2D eigenvalue weighted by Gasteiger charge is 2.11. The average Bonchev–Trinajstić information content (AvgIpc) is 2.59. The first-order valence-electron chi connectivity index (χ1n) is 7.89. The molecule has 1 fully saturated rings. The minimum Gasteiger partial charge on any atom is -0.378 e. The van der Waals surface area contributed by atoms with Crippen molar-refractivity contribution in [1.29, 1.82) is 0 Å². The van der Waals surface area contributed by atoms with E-state index in [0.717, 1.165) is 32.0 Å². The van der Waals surface area contributed by atoms with Crippen LogP contribution in [0.25, 0.3) is 0 Å². The molecule has 24 heavy (non-hydrogen) atoms. The second kappa shape index (κ2) is 7.59. The van der Waals surface area contributed by atoms with Crippen LogP contribution in [0.4, 0.5) is 21.5 Å². The number of morpholine rings is 1. The smallest absolute Gasteiger partial charge is 0.175 e. The maximum atomic E-state index is 13.6. The summed E-state index contributed by atoms with van der Waals surface area (Å²) < 4.78 is 18.9. The molecule has 0 atom stereocenters. The van der Waals surface area contributed by atoms with E-state index < -0.39 is 0 Å². The zero-order chi connectivity index (χ0) is 16.9. The van der Waals surface area contributed by atoms with Crippen molar-refractivity contribution in [3.05, 3.63) is 53.8 Å². The third kappa shape index (κ3) is 4.21. The topological polar surface area (TPSA) is 36.5 Å². The van der Waals surface area contributed by atoms with E-state index in [1.54, 1.807) is 19.1 Å². The number of nitrogens with zero attached hydrogens (tertiary/aromatic N) is 1. The Hall–Kier alpha value is -2.18. The SMILES string of the molecule is Cc1ccc(NC(=S)Nc2ccc(N3CCOCC3)cc2)cc1F. The monoisotopic (exact) mass is 345 g/mol. The van der Waals surface area contributed by atoms with Crippen LogP contribution in [0.5, 0.6) is 0 Å². The first-order chi connectivity index (χ1) is 11.6. The molecule has 0 unspecified atom stereocenters. The fourth-order valence-electron chi connectivity index (χ4n) is 2.54. The number of ether oxygens (including phenoxy) is 1. The maximum absolute atomic E-state index is 13.6. The summed E-state index contributed by atoms with van der Waals surface area (Å²) >= 11 is 5.28. The number of hydrogen-bond donors (Lipinski definition) is 2. The van der Waals surface area contributed by atoms with Crippen LogP contribution in [-0.4, -0.2) is 31.4 Å². The number of nitrogens with one attached hydrogen (secondary N) is 2. The predicted molar refractivity (Wildman–Crippen MR) is 100 cm³/mol. The van der Waals surface area contributed by atoms with Crippen LogP contribution in [0.15, 0.2) is 42.5 Å². The van der Waals surface area contributed by atoms with Gasteiger partial charge in [-0.05, 0) is 61.1 Å². The Morgan fingerprint density at radius 1 is 1.04 bits per heavy atom. The molecule has 2 aromatic carbocycles. The normalized spacial score (nSPS) is 14.3. The van der Waals surface area contributed by atoms with E-state index in [-0.39, 0.29) is 5.82 Å². The van der Waals surface area contributed by atoms with Gasteiger partial charge in [0.15, 0.2) is 5.11 Å². The lowest BCUT2D eigenvalue weighted by atomic mass is 10.2. The summed E-state index contributed by atoms with van der Waals surface area (Å²) in [5.74, 6) is -0.252. The van der Waals surface area contributed by atoms with Gasteiger partial charge in [-0.15, -0.1) is 0 Å². The minimum absolute atomic E-state index is 0.252. The molecule has 1 heterocycles. The standard InChI is InChI=1S/C18H20FN3OS/c1-13-2-3-15(12-17(13)19)21-18(24)20-14-4-6-16(7-5-14)22-8-10-23-11-9-22/h2-7,12H,8-11H2,1H3,(H2,20,21,24). The number of benzene rings is 2. The van der Waals surface area contributed by atoms with Crippen molar-refractivity contribution in [2.45, 2.75) is 6.92 Å². The van der Waals surface area contributed by atoms with Gasteiger partial charge in [0.05, 0.1) is 13.2 Å². The summed E-state index contributed by atoms with van der Waals surface area (Å²) in [4.78, 5) is 2.29. The van der Waals surface area contributed by atoms with Gasteiger partial charge < -0.3 is 20.3 Å². The Morgan fingerprint density at radius 3 is 2.33 bits per heavy atom. The van der Waals surface area contributed by atoms with Crippen molar-refractivity contribution >= 4 is 34.4 Å². The molecular formula is C18H20FN3OS. The van der Waals surface area contributed by atoms with Gasteiger partial charge in [0.25, 0.3) is 0 Å². The molecule has 3 rings (SSSR count). The Morgan fingerprint density at radius 2 is 1.67 bits per heavy atom. The molecule has 2 N–H and O–H groups in total. The van der Waals surface area contributed by atoms with Crippen LogP contribution in [0, 0.1) is 12.7 Å². The van der Waals surface area contributed by atoms with Crippen LogP contribution in [-0.2, 0) is 4.74 Å². The Bertz CT molecular complexity index is 715. The molecule has 0 bridgehead atoms. The van der Waals surface area contributed by atoms with Gasteiger partial charge in [-0.25, -0.2) is 4.39 Å². The number of anilines is 3. The molecule has 0 saturated carbocycles. The molecule has 6 heteroatoms.